The Morgan fingerprint density at radius 3 is 2.65 bits per heavy atom. The van der Waals surface area contributed by atoms with Crippen LogP contribution in [0, 0.1) is 5.21 Å². The minimum atomic E-state index is 0.0690. The van der Waals surface area contributed by atoms with Gasteiger partial charge in [-0.1, -0.05) is 6.07 Å². The van der Waals surface area contributed by atoms with Crippen molar-refractivity contribution in [2.45, 2.75) is 5.03 Å². The minimum Gasteiger partial charge on any atom is -0.618 e. The van der Waals surface area contributed by atoms with E-state index in [1.807, 2.05) is 23.1 Å². The molecule has 0 bridgehead atoms. The van der Waals surface area contributed by atoms with Gasteiger partial charge in [-0.05, 0) is 30.0 Å². The summed E-state index contributed by atoms with van der Waals surface area (Å²) >= 11 is 1.28. The Morgan fingerprint density at radius 1 is 1.17 bits per heavy atom. The van der Waals surface area contributed by atoms with E-state index in [0.29, 0.717) is 18.1 Å². The van der Waals surface area contributed by atoms with Crippen LogP contribution in [0.5, 0.6) is 0 Å². The van der Waals surface area contributed by atoms with Crippen molar-refractivity contribution in [3.05, 3.63) is 54.0 Å². The highest BCUT2D eigenvalue weighted by Gasteiger charge is 2.22. The normalized spacial score (nSPS) is 14.8. The molecule has 120 valence electrons. The molecule has 3 heterocycles. The molecule has 0 saturated carbocycles. The Kier molecular flexibility index (Phi) is 4.97. The summed E-state index contributed by atoms with van der Waals surface area (Å²) in [6, 6.07) is 11.0. The zero-order valence-corrected chi connectivity index (χ0v) is 13.5. The number of aromatic nitrogens is 2. The van der Waals surface area contributed by atoms with Gasteiger partial charge in [0.2, 0.25) is 5.91 Å². The Balaban J connectivity index is 1.50. The van der Waals surface area contributed by atoms with Crippen LogP contribution in [-0.4, -0.2) is 47.7 Å². The molecule has 0 aliphatic carbocycles. The molecule has 0 N–H and O–H groups in total. The first-order valence-electron chi connectivity index (χ1n) is 7.49. The highest BCUT2D eigenvalue weighted by molar-refractivity contribution is 7.99. The standard InChI is InChI=1S/C16H18N4O2S/c21-15(13-23-16-6-2-4-8-20(16)22)19-11-9-18(10-12-19)14-5-1-3-7-17-14/h1-8H,9-13H2. The number of hydrogen-bond donors (Lipinski definition) is 0. The van der Waals surface area contributed by atoms with E-state index in [9.17, 15) is 10.0 Å². The summed E-state index contributed by atoms with van der Waals surface area (Å²) < 4.78 is 0.789. The number of pyridine rings is 2. The van der Waals surface area contributed by atoms with Crippen LogP contribution >= 0.6 is 11.8 Å². The Morgan fingerprint density at radius 2 is 1.96 bits per heavy atom. The molecule has 2 aromatic heterocycles. The fourth-order valence-electron chi connectivity index (χ4n) is 2.48. The van der Waals surface area contributed by atoms with Crippen molar-refractivity contribution in [1.29, 1.82) is 0 Å². The number of carbonyl (C=O) groups is 1. The van der Waals surface area contributed by atoms with Crippen LogP contribution in [0.3, 0.4) is 0 Å². The van der Waals surface area contributed by atoms with E-state index in [-0.39, 0.29) is 11.7 Å². The monoisotopic (exact) mass is 330 g/mol. The molecule has 23 heavy (non-hydrogen) atoms. The number of piperazine rings is 1. The van der Waals surface area contributed by atoms with Crippen molar-refractivity contribution in [3.63, 3.8) is 0 Å². The smallest absolute Gasteiger partial charge is 0.251 e. The van der Waals surface area contributed by atoms with Crippen molar-refractivity contribution in [3.8, 4) is 0 Å². The maximum absolute atomic E-state index is 12.3. The first-order chi connectivity index (χ1) is 11.2. The summed E-state index contributed by atoms with van der Waals surface area (Å²) in [5, 5.41) is 12.1. The van der Waals surface area contributed by atoms with E-state index in [2.05, 4.69) is 9.88 Å². The van der Waals surface area contributed by atoms with Gasteiger partial charge in [0.25, 0.3) is 5.03 Å². The number of thioether (sulfide) groups is 1. The second-order valence-electron chi connectivity index (χ2n) is 5.21. The molecule has 1 aliphatic rings. The van der Waals surface area contributed by atoms with Gasteiger partial charge >= 0.3 is 0 Å². The molecule has 0 radical (unpaired) electrons. The second kappa shape index (κ2) is 7.32. The van der Waals surface area contributed by atoms with E-state index in [0.717, 1.165) is 23.6 Å². The van der Waals surface area contributed by atoms with Crippen LogP contribution in [0.15, 0.2) is 53.8 Å². The summed E-state index contributed by atoms with van der Waals surface area (Å²) in [6.07, 6.45) is 3.22. The zero-order valence-electron chi connectivity index (χ0n) is 12.7. The van der Waals surface area contributed by atoms with E-state index in [1.165, 1.54) is 18.0 Å². The SMILES string of the molecule is O=C(CSc1cccc[n+]1[O-])N1CCN(c2ccccn2)CC1. The predicted octanol–water partition coefficient (Wildman–Crippen LogP) is 1.16. The first-order valence-corrected chi connectivity index (χ1v) is 8.47. The number of amides is 1. The molecule has 1 aliphatic heterocycles. The molecular weight excluding hydrogens is 312 g/mol. The number of rotatable bonds is 4. The van der Waals surface area contributed by atoms with Crippen molar-refractivity contribution in [2.75, 3.05) is 36.8 Å². The topological polar surface area (TPSA) is 63.4 Å². The Bertz CT molecular complexity index is 660. The van der Waals surface area contributed by atoms with Gasteiger partial charge in [0.1, 0.15) is 5.82 Å². The molecule has 3 rings (SSSR count). The average molecular weight is 330 g/mol. The van der Waals surface area contributed by atoms with Crippen molar-refractivity contribution >= 4 is 23.5 Å². The molecule has 0 spiro atoms. The van der Waals surface area contributed by atoms with Gasteiger partial charge in [-0.2, -0.15) is 4.73 Å². The van der Waals surface area contributed by atoms with Crippen molar-refractivity contribution in [2.24, 2.45) is 0 Å². The van der Waals surface area contributed by atoms with Crippen molar-refractivity contribution < 1.29 is 9.52 Å². The molecular formula is C16H18N4O2S. The minimum absolute atomic E-state index is 0.0690. The molecule has 0 unspecified atom stereocenters. The highest BCUT2D eigenvalue weighted by atomic mass is 32.2. The number of nitrogens with zero attached hydrogens (tertiary/aromatic N) is 4. The Labute approximate surface area is 139 Å². The largest absolute Gasteiger partial charge is 0.618 e. The van der Waals surface area contributed by atoms with E-state index < -0.39 is 0 Å². The van der Waals surface area contributed by atoms with Gasteiger partial charge < -0.3 is 15.0 Å². The molecule has 1 amide bonds. The molecule has 6 nitrogen and oxygen atoms in total. The molecule has 0 aromatic carbocycles. The van der Waals surface area contributed by atoms with Gasteiger partial charge in [-0.3, -0.25) is 4.79 Å². The zero-order chi connectivity index (χ0) is 16.1. The number of hydrogen-bond acceptors (Lipinski definition) is 5. The van der Waals surface area contributed by atoms with Crippen LogP contribution < -0.4 is 9.63 Å². The van der Waals surface area contributed by atoms with Gasteiger partial charge in [0.05, 0.1) is 5.75 Å². The lowest BCUT2D eigenvalue weighted by Crippen LogP contribution is -2.49. The first kappa shape index (κ1) is 15.6. The van der Waals surface area contributed by atoms with Gasteiger partial charge in [-0.15, -0.1) is 0 Å². The number of anilines is 1. The van der Waals surface area contributed by atoms with Crippen molar-refractivity contribution in [1.82, 2.24) is 9.88 Å². The highest BCUT2D eigenvalue weighted by Crippen LogP contribution is 2.16. The molecule has 1 saturated heterocycles. The predicted molar refractivity (Wildman–Crippen MR) is 89.2 cm³/mol. The third-order valence-corrected chi connectivity index (χ3v) is 4.74. The van der Waals surface area contributed by atoms with Crippen LogP contribution in [0.1, 0.15) is 0 Å². The summed E-state index contributed by atoms with van der Waals surface area (Å²) in [6.45, 7) is 2.92. The molecule has 2 aromatic rings. The average Bonchev–Trinajstić information content (AvgIpc) is 2.62. The third kappa shape index (κ3) is 3.92. The van der Waals surface area contributed by atoms with Gasteiger partial charge in [0.15, 0.2) is 6.20 Å². The van der Waals surface area contributed by atoms with E-state index in [1.54, 1.807) is 24.4 Å². The van der Waals surface area contributed by atoms with Crippen LogP contribution in [0.25, 0.3) is 0 Å². The lowest BCUT2D eigenvalue weighted by Gasteiger charge is -2.35. The molecule has 0 atom stereocenters. The summed E-state index contributed by atoms with van der Waals surface area (Å²) in [4.78, 5) is 20.7. The number of carbonyl (C=O) groups excluding carboxylic acids is 1. The summed E-state index contributed by atoms with van der Waals surface area (Å²) in [7, 11) is 0. The van der Waals surface area contributed by atoms with Crippen LogP contribution in [-0.2, 0) is 4.79 Å². The Hall–Kier alpha value is -2.28. The van der Waals surface area contributed by atoms with Crippen LogP contribution in [0.2, 0.25) is 0 Å². The lowest BCUT2D eigenvalue weighted by molar-refractivity contribution is -0.645. The molecule has 7 heteroatoms. The van der Waals surface area contributed by atoms with Gasteiger partial charge in [-0.25, -0.2) is 4.98 Å². The maximum Gasteiger partial charge on any atom is 0.251 e. The summed E-state index contributed by atoms with van der Waals surface area (Å²) in [5.74, 6) is 1.31. The maximum atomic E-state index is 12.3. The van der Waals surface area contributed by atoms with Gasteiger partial charge in [0, 0.05) is 44.5 Å². The van der Waals surface area contributed by atoms with Crippen LogP contribution in [0.4, 0.5) is 5.82 Å². The third-order valence-electron chi connectivity index (χ3n) is 3.74. The fraction of sp³-hybridized carbons (Fsp3) is 0.312. The lowest BCUT2D eigenvalue weighted by atomic mass is 10.3. The second-order valence-corrected chi connectivity index (χ2v) is 6.20. The quantitative estimate of drug-likeness (QED) is 0.478. The fourth-order valence-corrected chi connectivity index (χ4v) is 3.29. The molecule has 1 fully saturated rings. The van der Waals surface area contributed by atoms with E-state index in [4.69, 9.17) is 0 Å². The van der Waals surface area contributed by atoms with E-state index >= 15 is 0 Å². The summed E-state index contributed by atoms with van der Waals surface area (Å²) in [5.41, 5.74) is 0.